The van der Waals surface area contributed by atoms with Gasteiger partial charge in [0, 0.05) is 60.1 Å². The van der Waals surface area contributed by atoms with Crippen molar-refractivity contribution >= 4 is 45.3 Å². The number of rotatable bonds is 9. The first kappa shape index (κ1) is 36.7. The van der Waals surface area contributed by atoms with Crippen LogP contribution in [0.2, 0.25) is 5.15 Å². The van der Waals surface area contributed by atoms with Gasteiger partial charge in [0.1, 0.15) is 11.0 Å². The van der Waals surface area contributed by atoms with E-state index in [-0.39, 0.29) is 0 Å². The molecular weight excluding hydrogens is 706 g/mol. The molecule has 0 unspecified atom stereocenters. The Morgan fingerprint density at radius 1 is 0.618 bits per heavy atom. The van der Waals surface area contributed by atoms with Gasteiger partial charge in [-0.1, -0.05) is 64.0 Å². The van der Waals surface area contributed by atoms with Crippen LogP contribution in [-0.2, 0) is 13.1 Å². The van der Waals surface area contributed by atoms with Crippen LogP contribution in [0.4, 0.5) is 11.6 Å². The molecule has 0 amide bonds. The number of aromatic nitrogens is 10. The number of fused-ring (bicyclic) bond motifs is 2. The van der Waals surface area contributed by atoms with Gasteiger partial charge in [-0.05, 0) is 91.5 Å². The number of hydrogen-bond donors (Lipinski definition) is 1. The van der Waals surface area contributed by atoms with Crippen LogP contribution in [0.15, 0.2) is 85.8 Å². The standard InChI is InChI=1S/C25H29N7.C18H19ClN4/c1-17(2)19-11-25(31-27-13-19)30-24-9-8-22-23(29-24)10-20(12-26-22)21-14-28-32(16-21)15-18-6-4-3-5-7-18;19-18-7-6-16-17(22-18)8-14(9-20-16)15-10-21-23(12-15)11-13-4-2-1-3-5-13/h8-14,16-18H,3-7,15H2,1-2H3,(H,29,30,31);6-10,12-13H,1-5,11H2. The fraction of sp³-hybridized carbons (Fsp3) is 0.395. The molecule has 0 radical (unpaired) electrons. The maximum absolute atomic E-state index is 5.97. The Morgan fingerprint density at radius 2 is 1.18 bits per heavy atom. The number of pyridine rings is 4. The van der Waals surface area contributed by atoms with Crippen LogP contribution >= 0.6 is 11.6 Å². The molecule has 7 aromatic rings. The lowest BCUT2D eigenvalue weighted by molar-refractivity contribution is 0.308. The number of anilines is 2. The van der Waals surface area contributed by atoms with Crippen LogP contribution in [0.25, 0.3) is 44.3 Å². The van der Waals surface area contributed by atoms with Crippen molar-refractivity contribution in [3.8, 4) is 22.3 Å². The molecule has 12 heteroatoms. The fourth-order valence-electron chi connectivity index (χ4n) is 7.76. The summed E-state index contributed by atoms with van der Waals surface area (Å²) >= 11 is 5.97. The van der Waals surface area contributed by atoms with E-state index in [0.29, 0.717) is 16.9 Å². The Morgan fingerprint density at radius 3 is 1.76 bits per heavy atom. The highest BCUT2D eigenvalue weighted by atomic mass is 35.5. The zero-order chi connectivity index (χ0) is 37.6. The average molecular weight is 754 g/mol. The molecule has 7 aromatic heterocycles. The second kappa shape index (κ2) is 17.0. The normalized spacial score (nSPS) is 15.3. The van der Waals surface area contributed by atoms with Crippen LogP contribution in [0.3, 0.4) is 0 Å². The van der Waals surface area contributed by atoms with Gasteiger partial charge in [0.05, 0.1) is 40.7 Å². The molecule has 11 nitrogen and oxygen atoms in total. The minimum atomic E-state index is 0.390. The molecule has 1 N–H and O–H groups in total. The number of nitrogens with zero attached hydrogens (tertiary/aromatic N) is 10. The number of nitrogens with one attached hydrogen (secondary N) is 1. The van der Waals surface area contributed by atoms with Gasteiger partial charge in [-0.15, -0.1) is 5.10 Å². The molecule has 0 atom stereocenters. The third-order valence-electron chi connectivity index (χ3n) is 10.9. The highest BCUT2D eigenvalue weighted by molar-refractivity contribution is 6.29. The number of hydrogen-bond acceptors (Lipinski definition) is 9. The first-order valence-electron chi connectivity index (χ1n) is 19.8. The predicted molar refractivity (Wildman–Crippen MR) is 219 cm³/mol. The van der Waals surface area contributed by atoms with Crippen LogP contribution in [0, 0.1) is 11.8 Å². The zero-order valence-corrected chi connectivity index (χ0v) is 32.4. The van der Waals surface area contributed by atoms with E-state index in [2.05, 4.69) is 82.3 Å². The maximum atomic E-state index is 5.97. The second-order valence-corrected chi connectivity index (χ2v) is 15.8. The van der Waals surface area contributed by atoms with Crippen molar-refractivity contribution in [1.82, 2.24) is 49.7 Å². The van der Waals surface area contributed by atoms with E-state index in [1.807, 2.05) is 55.1 Å². The smallest absolute Gasteiger partial charge is 0.154 e. The molecule has 0 saturated heterocycles. The van der Waals surface area contributed by atoms with Crippen molar-refractivity contribution < 1.29 is 0 Å². The Balaban J connectivity index is 0.000000164. The van der Waals surface area contributed by atoms with E-state index in [4.69, 9.17) is 16.6 Å². The summed E-state index contributed by atoms with van der Waals surface area (Å²) in [5.74, 6) is 3.32. The molecule has 2 fully saturated rings. The number of halogens is 1. The van der Waals surface area contributed by atoms with E-state index in [1.54, 1.807) is 12.3 Å². The van der Waals surface area contributed by atoms with E-state index in [9.17, 15) is 0 Å². The molecule has 7 heterocycles. The SMILES string of the molecule is CC(C)c1cnnc(Nc2ccc3ncc(-c4cnn(CC5CCCCC5)c4)cc3n2)c1.Clc1ccc2ncc(-c3cnn(CC4CCCCC4)c3)cc2n1. The molecule has 282 valence electrons. The van der Waals surface area contributed by atoms with Gasteiger partial charge in [0.15, 0.2) is 5.82 Å². The third kappa shape index (κ3) is 9.33. The van der Waals surface area contributed by atoms with Crippen LogP contribution < -0.4 is 5.32 Å². The van der Waals surface area contributed by atoms with Gasteiger partial charge in [0.25, 0.3) is 0 Å². The monoisotopic (exact) mass is 753 g/mol. The highest BCUT2D eigenvalue weighted by Gasteiger charge is 2.16. The van der Waals surface area contributed by atoms with Crippen molar-refractivity contribution in [1.29, 1.82) is 0 Å². The lowest BCUT2D eigenvalue weighted by Crippen LogP contribution is -2.14. The Bertz CT molecular complexity index is 2350. The van der Waals surface area contributed by atoms with Crippen molar-refractivity contribution in [3.05, 3.63) is 96.6 Å². The highest BCUT2D eigenvalue weighted by Crippen LogP contribution is 2.29. The molecule has 9 rings (SSSR count). The zero-order valence-electron chi connectivity index (χ0n) is 31.7. The van der Waals surface area contributed by atoms with E-state index < -0.39 is 0 Å². The third-order valence-corrected chi connectivity index (χ3v) is 11.1. The van der Waals surface area contributed by atoms with Crippen LogP contribution in [0.5, 0.6) is 0 Å². The molecule has 0 aliphatic heterocycles. The van der Waals surface area contributed by atoms with Gasteiger partial charge >= 0.3 is 0 Å². The predicted octanol–water partition coefficient (Wildman–Crippen LogP) is 10.5. The van der Waals surface area contributed by atoms with Gasteiger partial charge in [-0.25, -0.2) is 9.97 Å². The summed E-state index contributed by atoms with van der Waals surface area (Å²) in [5, 5.41) is 21.2. The Kier molecular flexibility index (Phi) is 11.3. The lowest BCUT2D eigenvalue weighted by Gasteiger charge is -2.21. The van der Waals surface area contributed by atoms with Gasteiger partial charge in [-0.2, -0.15) is 15.3 Å². The Hall–Kier alpha value is -5.29. The minimum absolute atomic E-state index is 0.390. The molecule has 0 aromatic carbocycles. The van der Waals surface area contributed by atoms with E-state index >= 15 is 0 Å². The van der Waals surface area contributed by atoms with Gasteiger partial charge in [-0.3, -0.25) is 19.3 Å². The summed E-state index contributed by atoms with van der Waals surface area (Å²) in [6.07, 6.45) is 27.1. The van der Waals surface area contributed by atoms with Crippen molar-refractivity contribution in [2.45, 2.75) is 97.1 Å². The van der Waals surface area contributed by atoms with Gasteiger partial charge in [0.2, 0.25) is 0 Å². The minimum Gasteiger partial charge on any atom is -0.323 e. The molecule has 0 bridgehead atoms. The first-order valence-corrected chi connectivity index (χ1v) is 20.1. The van der Waals surface area contributed by atoms with Gasteiger partial charge < -0.3 is 5.32 Å². The Labute approximate surface area is 327 Å². The molecule has 2 aliphatic carbocycles. The molecular formula is C43H48ClN11. The summed E-state index contributed by atoms with van der Waals surface area (Å²) in [5.41, 5.74) is 8.71. The first-order chi connectivity index (χ1) is 26.9. The van der Waals surface area contributed by atoms with Crippen molar-refractivity contribution in [3.63, 3.8) is 0 Å². The summed E-state index contributed by atoms with van der Waals surface area (Å²) in [6.45, 7) is 6.30. The topological polar surface area (TPSA) is 125 Å². The maximum Gasteiger partial charge on any atom is 0.154 e. The lowest BCUT2D eigenvalue weighted by atomic mass is 9.89. The molecule has 2 aliphatic rings. The molecule has 55 heavy (non-hydrogen) atoms. The average Bonchev–Trinajstić information content (AvgIpc) is 3.89. The van der Waals surface area contributed by atoms with E-state index in [0.717, 1.165) is 80.6 Å². The quantitative estimate of drug-likeness (QED) is 0.143. The summed E-state index contributed by atoms with van der Waals surface area (Å²) in [7, 11) is 0. The second-order valence-electron chi connectivity index (χ2n) is 15.4. The summed E-state index contributed by atoms with van der Waals surface area (Å²) < 4.78 is 4.15. The van der Waals surface area contributed by atoms with Crippen LogP contribution in [-0.4, -0.2) is 49.7 Å². The van der Waals surface area contributed by atoms with Crippen LogP contribution in [0.1, 0.15) is 89.5 Å². The summed E-state index contributed by atoms with van der Waals surface area (Å²) in [4.78, 5) is 18.2. The van der Waals surface area contributed by atoms with E-state index in [1.165, 1.54) is 64.2 Å². The molecule has 2 saturated carbocycles. The fourth-order valence-corrected chi connectivity index (χ4v) is 7.91. The van der Waals surface area contributed by atoms with Crippen molar-refractivity contribution in [2.24, 2.45) is 11.8 Å². The van der Waals surface area contributed by atoms with Crippen molar-refractivity contribution in [2.75, 3.05) is 5.32 Å². The molecule has 0 spiro atoms. The largest absolute Gasteiger partial charge is 0.323 e. The summed E-state index contributed by atoms with van der Waals surface area (Å²) in [6, 6.07) is 13.7.